The Morgan fingerprint density at radius 1 is 1.11 bits per heavy atom. The Bertz CT molecular complexity index is 1060. The highest BCUT2D eigenvalue weighted by Crippen LogP contribution is 2.19. The quantitative estimate of drug-likeness (QED) is 0.547. The molecular weight excluding hydrogens is 347 g/mol. The number of H-pyrrole nitrogens is 1. The largest absolute Gasteiger partial charge is 0.479 e. The summed E-state index contributed by atoms with van der Waals surface area (Å²) in [6.07, 6.45) is 9.52. The molecule has 0 atom stereocenters. The Morgan fingerprint density at radius 3 is 2.70 bits per heavy atom. The van der Waals surface area contributed by atoms with E-state index in [2.05, 4.69) is 30.2 Å². The standard InChI is InChI=1S/C19H17FN6O/c1-27-18-16(20)6-13(7-23-18)10-26-19-24-8-12(9-25-19)5-14-11-22-17-15(14)3-2-4-21-17/h2-4,6-9,11H,5,10H2,1H3,(H,21,22)(H,24,25,26). The number of halogens is 1. The van der Waals surface area contributed by atoms with Crippen molar-refractivity contribution >= 4 is 17.0 Å². The lowest BCUT2D eigenvalue weighted by atomic mass is 10.1. The molecule has 0 saturated carbocycles. The molecule has 4 aromatic heterocycles. The average Bonchev–Trinajstić information content (AvgIpc) is 3.10. The van der Waals surface area contributed by atoms with E-state index < -0.39 is 5.82 Å². The number of hydrogen-bond donors (Lipinski definition) is 2. The first-order valence-electron chi connectivity index (χ1n) is 8.37. The maximum absolute atomic E-state index is 13.7. The van der Waals surface area contributed by atoms with Gasteiger partial charge in [-0.05, 0) is 34.9 Å². The monoisotopic (exact) mass is 364 g/mol. The third-order valence-corrected chi connectivity index (χ3v) is 4.14. The van der Waals surface area contributed by atoms with E-state index >= 15 is 0 Å². The Kier molecular flexibility index (Phi) is 4.61. The van der Waals surface area contributed by atoms with Gasteiger partial charge in [-0.3, -0.25) is 0 Å². The molecule has 0 spiro atoms. The van der Waals surface area contributed by atoms with Gasteiger partial charge in [0.25, 0.3) is 0 Å². The van der Waals surface area contributed by atoms with Crippen LogP contribution in [-0.2, 0) is 13.0 Å². The van der Waals surface area contributed by atoms with Crippen molar-refractivity contribution in [3.63, 3.8) is 0 Å². The summed E-state index contributed by atoms with van der Waals surface area (Å²) in [6.45, 7) is 0.362. The molecule has 4 rings (SSSR count). The highest BCUT2D eigenvalue weighted by Gasteiger charge is 2.07. The van der Waals surface area contributed by atoms with Crippen LogP contribution < -0.4 is 10.1 Å². The van der Waals surface area contributed by atoms with Gasteiger partial charge in [-0.15, -0.1) is 0 Å². The van der Waals surface area contributed by atoms with Crippen LogP contribution in [0.3, 0.4) is 0 Å². The van der Waals surface area contributed by atoms with E-state index in [-0.39, 0.29) is 5.88 Å². The van der Waals surface area contributed by atoms with Gasteiger partial charge in [-0.25, -0.2) is 24.3 Å². The fraction of sp³-hybridized carbons (Fsp3) is 0.158. The van der Waals surface area contributed by atoms with Gasteiger partial charge in [-0.2, -0.15) is 0 Å². The zero-order chi connectivity index (χ0) is 18.6. The zero-order valence-corrected chi connectivity index (χ0v) is 14.6. The normalized spacial score (nSPS) is 10.9. The molecule has 7 nitrogen and oxygen atoms in total. The second-order valence-electron chi connectivity index (χ2n) is 5.99. The number of rotatable bonds is 6. The van der Waals surface area contributed by atoms with E-state index in [1.807, 2.05) is 18.3 Å². The molecule has 27 heavy (non-hydrogen) atoms. The van der Waals surface area contributed by atoms with Crippen molar-refractivity contribution in [2.75, 3.05) is 12.4 Å². The van der Waals surface area contributed by atoms with E-state index in [0.29, 0.717) is 24.5 Å². The molecule has 4 heterocycles. The van der Waals surface area contributed by atoms with E-state index in [0.717, 1.165) is 22.2 Å². The van der Waals surface area contributed by atoms with Crippen molar-refractivity contribution in [3.05, 3.63) is 71.7 Å². The number of aromatic amines is 1. The first kappa shape index (κ1) is 16.9. The smallest absolute Gasteiger partial charge is 0.250 e. The lowest BCUT2D eigenvalue weighted by molar-refractivity contribution is 0.368. The van der Waals surface area contributed by atoms with Crippen LogP contribution in [0.2, 0.25) is 0 Å². The third-order valence-electron chi connectivity index (χ3n) is 4.14. The van der Waals surface area contributed by atoms with E-state index in [1.54, 1.807) is 24.8 Å². The van der Waals surface area contributed by atoms with E-state index in [9.17, 15) is 4.39 Å². The highest BCUT2D eigenvalue weighted by molar-refractivity contribution is 5.79. The van der Waals surface area contributed by atoms with Gasteiger partial charge < -0.3 is 15.0 Å². The maximum atomic E-state index is 13.7. The highest BCUT2D eigenvalue weighted by atomic mass is 19.1. The number of pyridine rings is 2. The van der Waals surface area contributed by atoms with E-state index in [4.69, 9.17) is 4.74 Å². The number of nitrogens with zero attached hydrogens (tertiary/aromatic N) is 4. The second-order valence-corrected chi connectivity index (χ2v) is 5.99. The van der Waals surface area contributed by atoms with Gasteiger partial charge in [0.05, 0.1) is 7.11 Å². The summed E-state index contributed by atoms with van der Waals surface area (Å²) in [6, 6.07) is 5.32. The average molecular weight is 364 g/mol. The summed E-state index contributed by atoms with van der Waals surface area (Å²) < 4.78 is 18.5. The molecule has 0 aliphatic rings. The molecule has 0 bridgehead atoms. The molecule has 0 fully saturated rings. The van der Waals surface area contributed by atoms with Crippen LogP contribution in [0.5, 0.6) is 5.88 Å². The van der Waals surface area contributed by atoms with Crippen LogP contribution in [0.15, 0.2) is 49.2 Å². The van der Waals surface area contributed by atoms with Crippen molar-refractivity contribution in [3.8, 4) is 5.88 Å². The fourth-order valence-corrected chi connectivity index (χ4v) is 2.81. The van der Waals surface area contributed by atoms with Gasteiger partial charge in [-0.1, -0.05) is 0 Å². The molecule has 8 heteroatoms. The van der Waals surface area contributed by atoms with Gasteiger partial charge >= 0.3 is 0 Å². The van der Waals surface area contributed by atoms with Crippen LogP contribution >= 0.6 is 0 Å². The molecular formula is C19H17FN6O. The topological polar surface area (TPSA) is 88.6 Å². The molecule has 0 aromatic carbocycles. The Labute approximate surface area is 154 Å². The van der Waals surface area contributed by atoms with Crippen molar-refractivity contribution in [1.29, 1.82) is 0 Å². The maximum Gasteiger partial charge on any atom is 0.250 e. The number of anilines is 1. The van der Waals surface area contributed by atoms with Crippen LogP contribution in [-0.4, -0.2) is 32.0 Å². The second kappa shape index (κ2) is 7.36. The zero-order valence-electron chi connectivity index (χ0n) is 14.6. The summed E-state index contributed by atoms with van der Waals surface area (Å²) in [5.74, 6) is -0.0521. The Morgan fingerprint density at radius 2 is 1.93 bits per heavy atom. The van der Waals surface area contributed by atoms with Crippen LogP contribution in [0.4, 0.5) is 10.3 Å². The van der Waals surface area contributed by atoms with Crippen molar-refractivity contribution < 1.29 is 9.13 Å². The summed E-state index contributed by atoms with van der Waals surface area (Å²) in [7, 11) is 1.38. The Balaban J connectivity index is 1.41. The van der Waals surface area contributed by atoms with Gasteiger partial charge in [0.2, 0.25) is 11.8 Å². The molecule has 0 amide bonds. The summed E-state index contributed by atoms with van der Waals surface area (Å²) in [5.41, 5.74) is 3.67. The van der Waals surface area contributed by atoms with Crippen LogP contribution in [0.25, 0.3) is 11.0 Å². The third kappa shape index (κ3) is 3.69. The number of ether oxygens (including phenoxy) is 1. The number of fused-ring (bicyclic) bond motifs is 1. The van der Waals surface area contributed by atoms with Crippen molar-refractivity contribution in [1.82, 2.24) is 24.9 Å². The number of aromatic nitrogens is 5. The lowest BCUT2D eigenvalue weighted by Crippen LogP contribution is -2.05. The van der Waals surface area contributed by atoms with Crippen LogP contribution in [0, 0.1) is 5.82 Å². The minimum atomic E-state index is -0.499. The molecule has 0 aliphatic heterocycles. The first-order valence-corrected chi connectivity index (χ1v) is 8.37. The first-order chi connectivity index (χ1) is 13.2. The van der Waals surface area contributed by atoms with Crippen molar-refractivity contribution in [2.45, 2.75) is 13.0 Å². The molecule has 136 valence electrons. The molecule has 0 radical (unpaired) electrons. The molecule has 2 N–H and O–H groups in total. The van der Waals surface area contributed by atoms with E-state index in [1.165, 1.54) is 13.2 Å². The molecule has 0 aliphatic carbocycles. The summed E-state index contributed by atoms with van der Waals surface area (Å²) >= 11 is 0. The summed E-state index contributed by atoms with van der Waals surface area (Å²) in [5, 5.41) is 4.15. The minimum absolute atomic E-state index is 0.0215. The number of hydrogen-bond acceptors (Lipinski definition) is 6. The van der Waals surface area contributed by atoms with Crippen LogP contribution in [0.1, 0.15) is 16.7 Å². The molecule has 0 saturated heterocycles. The van der Waals surface area contributed by atoms with Gasteiger partial charge in [0.1, 0.15) is 5.65 Å². The predicted molar refractivity (Wildman–Crippen MR) is 99.0 cm³/mol. The lowest BCUT2D eigenvalue weighted by Gasteiger charge is -2.07. The summed E-state index contributed by atoms with van der Waals surface area (Å²) in [4.78, 5) is 20.0. The Hall–Kier alpha value is -3.55. The fourth-order valence-electron chi connectivity index (χ4n) is 2.81. The SMILES string of the molecule is COc1ncc(CNc2ncc(Cc3c[nH]c4ncccc34)cn2)cc1F. The number of methoxy groups -OCH3 is 1. The predicted octanol–water partition coefficient (Wildman–Crippen LogP) is 3.10. The molecule has 4 aromatic rings. The molecule has 0 unspecified atom stereocenters. The van der Waals surface area contributed by atoms with Crippen molar-refractivity contribution in [2.24, 2.45) is 0 Å². The van der Waals surface area contributed by atoms with Gasteiger partial charge in [0.15, 0.2) is 5.82 Å². The van der Waals surface area contributed by atoms with Gasteiger partial charge in [0, 0.05) is 49.3 Å². The minimum Gasteiger partial charge on any atom is -0.479 e. The number of nitrogens with one attached hydrogen (secondary N) is 2.